The van der Waals surface area contributed by atoms with E-state index in [2.05, 4.69) is 10.1 Å². The molecule has 6 nitrogen and oxygen atoms in total. The lowest BCUT2D eigenvalue weighted by atomic mass is 10.0. The van der Waals surface area contributed by atoms with Crippen molar-refractivity contribution in [1.82, 2.24) is 14.6 Å². The Bertz CT molecular complexity index is 1050. The van der Waals surface area contributed by atoms with Crippen LogP contribution >= 0.6 is 0 Å². The second-order valence-electron chi connectivity index (χ2n) is 5.57. The highest BCUT2D eigenvalue weighted by atomic mass is 19.4. The average Bonchev–Trinajstić information content (AvgIpc) is 2.98. The van der Waals surface area contributed by atoms with Crippen LogP contribution in [0.5, 0.6) is 0 Å². The highest BCUT2D eigenvalue weighted by Crippen LogP contribution is 2.33. The van der Waals surface area contributed by atoms with Crippen LogP contribution in [0.2, 0.25) is 0 Å². The Morgan fingerprint density at radius 2 is 2.04 bits per heavy atom. The number of rotatable bonds is 3. The van der Waals surface area contributed by atoms with Crippen molar-refractivity contribution in [3.63, 3.8) is 0 Å². The lowest BCUT2D eigenvalue weighted by Crippen LogP contribution is -2.15. The van der Waals surface area contributed by atoms with Gasteiger partial charge in [0.15, 0.2) is 5.65 Å². The van der Waals surface area contributed by atoms with Gasteiger partial charge in [0.25, 0.3) is 5.56 Å². The molecule has 0 aliphatic rings. The normalized spacial score (nSPS) is 11.7. The number of fused-ring (bicyclic) bond motifs is 1. The number of aryl methyl sites for hydroxylation is 1. The van der Waals surface area contributed by atoms with Crippen LogP contribution in [0.15, 0.2) is 35.3 Å². The quantitative estimate of drug-likeness (QED) is 0.723. The van der Waals surface area contributed by atoms with Crippen molar-refractivity contribution in [2.45, 2.75) is 20.0 Å². The molecule has 0 atom stereocenters. The topological polar surface area (TPSA) is 76.5 Å². The molecule has 136 valence electrons. The number of benzene rings is 1. The van der Waals surface area contributed by atoms with Crippen LogP contribution in [0.1, 0.15) is 28.4 Å². The molecule has 3 rings (SSSR count). The summed E-state index contributed by atoms with van der Waals surface area (Å²) in [6.45, 7) is 3.12. The van der Waals surface area contributed by atoms with Crippen LogP contribution in [0, 0.1) is 6.92 Å². The van der Waals surface area contributed by atoms with Crippen molar-refractivity contribution >= 4 is 11.6 Å². The lowest BCUT2D eigenvalue weighted by molar-refractivity contribution is -0.138. The van der Waals surface area contributed by atoms with E-state index in [0.717, 1.165) is 10.6 Å². The Morgan fingerprint density at radius 1 is 1.31 bits per heavy atom. The Morgan fingerprint density at radius 3 is 2.65 bits per heavy atom. The number of aromatic nitrogens is 3. The minimum atomic E-state index is -4.46. The zero-order chi connectivity index (χ0) is 19.1. The average molecular weight is 365 g/mol. The monoisotopic (exact) mass is 365 g/mol. The molecule has 0 radical (unpaired) electrons. The Labute approximate surface area is 145 Å². The molecule has 26 heavy (non-hydrogen) atoms. The molecule has 0 aliphatic heterocycles. The number of carbonyl (C=O) groups excluding carboxylic acids is 1. The number of ether oxygens (including phenoxy) is 1. The summed E-state index contributed by atoms with van der Waals surface area (Å²) in [5, 5.41) is 2.61. The molecular weight excluding hydrogens is 351 g/mol. The Hall–Kier alpha value is -3.10. The summed E-state index contributed by atoms with van der Waals surface area (Å²) in [5.74, 6) is -0.654. The fraction of sp³-hybridized carbons (Fsp3) is 0.235. The van der Waals surface area contributed by atoms with E-state index in [-0.39, 0.29) is 29.1 Å². The van der Waals surface area contributed by atoms with E-state index in [1.54, 1.807) is 6.92 Å². The molecule has 0 spiro atoms. The fourth-order valence-corrected chi connectivity index (χ4v) is 2.63. The van der Waals surface area contributed by atoms with Gasteiger partial charge in [-0.1, -0.05) is 6.07 Å². The molecule has 0 fully saturated rings. The molecule has 0 saturated heterocycles. The molecule has 0 saturated carbocycles. The van der Waals surface area contributed by atoms with Crippen molar-refractivity contribution in [3.8, 4) is 11.3 Å². The van der Waals surface area contributed by atoms with Gasteiger partial charge in [-0.25, -0.2) is 14.3 Å². The summed E-state index contributed by atoms with van der Waals surface area (Å²) >= 11 is 0. The summed E-state index contributed by atoms with van der Waals surface area (Å²) < 4.78 is 44.7. The molecule has 1 N–H and O–H groups in total. The van der Waals surface area contributed by atoms with Gasteiger partial charge in [0.05, 0.1) is 17.9 Å². The van der Waals surface area contributed by atoms with Crippen molar-refractivity contribution in [2.75, 3.05) is 6.61 Å². The second kappa shape index (κ2) is 6.32. The van der Waals surface area contributed by atoms with Gasteiger partial charge < -0.3 is 4.74 Å². The first-order chi connectivity index (χ1) is 12.2. The number of carbonyl (C=O) groups is 1. The first-order valence-electron chi connectivity index (χ1n) is 7.69. The minimum absolute atomic E-state index is 0.0108. The van der Waals surface area contributed by atoms with E-state index in [4.69, 9.17) is 4.74 Å². The number of esters is 1. The Kier molecular flexibility index (Phi) is 4.31. The summed E-state index contributed by atoms with van der Waals surface area (Å²) in [6, 6.07) is 4.67. The van der Waals surface area contributed by atoms with Crippen LogP contribution in [0.4, 0.5) is 13.2 Å². The summed E-state index contributed by atoms with van der Waals surface area (Å²) in [6.07, 6.45) is -3.17. The van der Waals surface area contributed by atoms with Crippen LogP contribution in [-0.4, -0.2) is 27.2 Å². The van der Waals surface area contributed by atoms with Gasteiger partial charge >= 0.3 is 12.1 Å². The fourth-order valence-electron chi connectivity index (χ4n) is 2.63. The number of halogens is 3. The second-order valence-corrected chi connectivity index (χ2v) is 5.57. The van der Waals surface area contributed by atoms with Gasteiger partial charge in [-0.05, 0) is 31.5 Å². The third-order valence-electron chi connectivity index (χ3n) is 3.82. The maximum atomic E-state index is 12.9. The highest BCUT2D eigenvalue weighted by molar-refractivity contribution is 5.95. The van der Waals surface area contributed by atoms with Gasteiger partial charge in [0.2, 0.25) is 0 Å². The van der Waals surface area contributed by atoms with Gasteiger partial charge in [0, 0.05) is 17.8 Å². The van der Waals surface area contributed by atoms with Gasteiger partial charge in [-0.2, -0.15) is 13.2 Å². The number of nitrogens with zero attached hydrogens (tertiary/aromatic N) is 2. The summed E-state index contributed by atoms with van der Waals surface area (Å²) in [7, 11) is 0. The van der Waals surface area contributed by atoms with Crippen molar-refractivity contribution in [3.05, 3.63) is 57.5 Å². The number of hydrogen-bond donors (Lipinski definition) is 1. The predicted molar refractivity (Wildman–Crippen MR) is 86.9 cm³/mol. The standard InChI is InChI=1S/C17H14F3N3O3/c1-3-26-16(25)11-8-21-23-14(24)7-13(22-15(11)23)10-4-5-12(9(2)6-10)17(18,19)20/h4-8,21H,3H2,1-2H3. The lowest BCUT2D eigenvalue weighted by Gasteiger charge is -2.11. The van der Waals surface area contributed by atoms with E-state index in [9.17, 15) is 22.8 Å². The number of hydrogen-bond acceptors (Lipinski definition) is 4. The van der Waals surface area contributed by atoms with E-state index >= 15 is 0 Å². The van der Waals surface area contributed by atoms with Crippen LogP contribution < -0.4 is 5.56 Å². The molecule has 2 aromatic heterocycles. The molecule has 0 amide bonds. The number of nitrogens with one attached hydrogen (secondary N) is 1. The number of H-pyrrole nitrogens is 1. The maximum Gasteiger partial charge on any atom is 0.416 e. The van der Waals surface area contributed by atoms with E-state index in [1.807, 2.05) is 0 Å². The van der Waals surface area contributed by atoms with Crippen LogP contribution in [0.25, 0.3) is 16.9 Å². The number of alkyl halides is 3. The first-order valence-corrected chi connectivity index (χ1v) is 7.69. The zero-order valence-electron chi connectivity index (χ0n) is 13.8. The summed E-state index contributed by atoms with van der Waals surface area (Å²) in [5.41, 5.74) is -0.635. The molecule has 0 unspecified atom stereocenters. The van der Waals surface area contributed by atoms with Crippen LogP contribution in [-0.2, 0) is 10.9 Å². The Balaban J connectivity index is 2.14. The van der Waals surface area contributed by atoms with Crippen molar-refractivity contribution < 1.29 is 22.7 Å². The molecule has 3 aromatic rings. The molecule has 1 aromatic carbocycles. The van der Waals surface area contributed by atoms with Gasteiger partial charge in [-0.15, -0.1) is 0 Å². The third-order valence-corrected chi connectivity index (χ3v) is 3.82. The molecule has 0 aliphatic carbocycles. The number of aromatic amines is 1. The highest BCUT2D eigenvalue weighted by Gasteiger charge is 2.32. The molecular formula is C17H14F3N3O3. The maximum absolute atomic E-state index is 12.9. The van der Waals surface area contributed by atoms with Crippen molar-refractivity contribution in [2.24, 2.45) is 0 Å². The molecule has 9 heteroatoms. The smallest absolute Gasteiger partial charge is 0.416 e. The first kappa shape index (κ1) is 17.7. The molecule has 2 heterocycles. The van der Waals surface area contributed by atoms with Gasteiger partial charge in [-0.3, -0.25) is 9.89 Å². The minimum Gasteiger partial charge on any atom is -0.462 e. The zero-order valence-corrected chi connectivity index (χ0v) is 13.8. The summed E-state index contributed by atoms with van der Waals surface area (Å²) in [4.78, 5) is 28.5. The van der Waals surface area contributed by atoms with Crippen molar-refractivity contribution in [1.29, 1.82) is 0 Å². The predicted octanol–water partition coefficient (Wildman–Crippen LogP) is 3.19. The van der Waals surface area contributed by atoms with E-state index < -0.39 is 23.3 Å². The van der Waals surface area contributed by atoms with Crippen LogP contribution in [0.3, 0.4) is 0 Å². The van der Waals surface area contributed by atoms with Gasteiger partial charge in [0.1, 0.15) is 5.56 Å². The third kappa shape index (κ3) is 3.07. The SMILES string of the molecule is CCOC(=O)c1c[nH]n2c(=O)cc(-c3ccc(C(F)(F)F)c(C)c3)nc12. The molecule has 0 bridgehead atoms. The largest absolute Gasteiger partial charge is 0.462 e. The van der Waals surface area contributed by atoms with E-state index in [1.165, 1.54) is 31.3 Å². The van der Waals surface area contributed by atoms with E-state index in [0.29, 0.717) is 5.56 Å².